The molecule has 6 nitrogen and oxygen atoms in total. The first kappa shape index (κ1) is 18.6. The molecule has 1 aromatic carbocycles. The number of hydrogen-bond acceptors (Lipinski definition) is 3. The number of fused-ring (bicyclic) bond motifs is 3. The summed E-state index contributed by atoms with van der Waals surface area (Å²) in [5.74, 6) is 1.57. The van der Waals surface area contributed by atoms with Crippen molar-refractivity contribution in [2.75, 3.05) is 6.54 Å². The van der Waals surface area contributed by atoms with Crippen molar-refractivity contribution in [1.82, 2.24) is 15.5 Å². The lowest BCUT2D eigenvalue weighted by atomic mass is 9.78. The van der Waals surface area contributed by atoms with E-state index in [1.807, 2.05) is 18.2 Å². The smallest absolute Gasteiger partial charge is 0.325 e. The summed E-state index contributed by atoms with van der Waals surface area (Å²) < 4.78 is 0. The van der Waals surface area contributed by atoms with E-state index >= 15 is 0 Å². The normalized spacial score (nSPS) is 33.7. The number of amides is 4. The van der Waals surface area contributed by atoms with Gasteiger partial charge in [0.25, 0.3) is 5.91 Å². The standard InChI is InChI=1S/C23H29N3O3/c1-14(19-11-15-6-7-17(19)10-15)24-20(27)13-26-21(28)23(25-22(26)29)9-8-16-4-2-3-5-18(16)12-23/h2-5,14-15,17,19H,6-13H2,1H3,(H,24,27)(H,25,29). The molecule has 5 rings (SSSR count). The summed E-state index contributed by atoms with van der Waals surface area (Å²) >= 11 is 0. The van der Waals surface area contributed by atoms with E-state index < -0.39 is 11.6 Å². The van der Waals surface area contributed by atoms with E-state index in [9.17, 15) is 14.4 Å². The molecule has 0 aromatic heterocycles. The van der Waals surface area contributed by atoms with Gasteiger partial charge in [0.05, 0.1) is 0 Å². The largest absolute Gasteiger partial charge is 0.352 e. The van der Waals surface area contributed by atoms with E-state index in [0.717, 1.165) is 28.7 Å². The number of aryl methyl sites for hydroxylation is 1. The maximum atomic E-state index is 13.1. The van der Waals surface area contributed by atoms with E-state index in [1.165, 1.54) is 31.2 Å². The third-order valence-electron chi connectivity index (χ3n) is 7.80. The predicted octanol–water partition coefficient (Wildman–Crippen LogP) is 2.41. The zero-order valence-electron chi connectivity index (χ0n) is 16.9. The maximum Gasteiger partial charge on any atom is 0.325 e. The van der Waals surface area contributed by atoms with E-state index in [0.29, 0.717) is 18.8 Å². The van der Waals surface area contributed by atoms with E-state index in [4.69, 9.17) is 0 Å². The first-order chi connectivity index (χ1) is 13.9. The second kappa shape index (κ2) is 6.85. The van der Waals surface area contributed by atoms with Gasteiger partial charge in [0, 0.05) is 12.5 Å². The first-order valence-corrected chi connectivity index (χ1v) is 11.0. The van der Waals surface area contributed by atoms with Crippen LogP contribution in [0.5, 0.6) is 0 Å². The average Bonchev–Trinajstić information content (AvgIpc) is 3.39. The van der Waals surface area contributed by atoms with Gasteiger partial charge in [0.1, 0.15) is 12.1 Å². The van der Waals surface area contributed by atoms with Gasteiger partial charge >= 0.3 is 6.03 Å². The average molecular weight is 396 g/mol. The van der Waals surface area contributed by atoms with Crippen molar-refractivity contribution in [2.24, 2.45) is 17.8 Å². The number of benzene rings is 1. The topological polar surface area (TPSA) is 78.5 Å². The number of urea groups is 1. The highest BCUT2D eigenvalue weighted by Gasteiger charge is 2.52. The molecule has 1 saturated heterocycles. The van der Waals surface area contributed by atoms with Crippen molar-refractivity contribution in [3.05, 3.63) is 35.4 Å². The fourth-order valence-electron chi connectivity index (χ4n) is 6.30. The van der Waals surface area contributed by atoms with Crippen molar-refractivity contribution in [3.8, 4) is 0 Å². The quantitative estimate of drug-likeness (QED) is 0.769. The van der Waals surface area contributed by atoms with Gasteiger partial charge in [-0.3, -0.25) is 14.5 Å². The van der Waals surface area contributed by atoms with Gasteiger partial charge in [0.15, 0.2) is 0 Å². The number of nitrogens with zero attached hydrogens (tertiary/aromatic N) is 1. The number of rotatable bonds is 4. The van der Waals surface area contributed by atoms with E-state index in [-0.39, 0.29) is 24.4 Å². The summed E-state index contributed by atoms with van der Waals surface area (Å²) in [6.07, 6.45) is 6.91. The van der Waals surface area contributed by atoms with Crippen LogP contribution in [0.15, 0.2) is 24.3 Å². The fraction of sp³-hybridized carbons (Fsp3) is 0.609. The molecule has 1 aliphatic heterocycles. The highest BCUT2D eigenvalue weighted by atomic mass is 16.2. The van der Waals surface area contributed by atoms with E-state index in [1.54, 1.807) is 0 Å². The van der Waals surface area contributed by atoms with Crippen molar-refractivity contribution in [1.29, 1.82) is 0 Å². The molecule has 4 aliphatic rings. The first-order valence-electron chi connectivity index (χ1n) is 11.0. The molecule has 6 heteroatoms. The Labute approximate surface area is 171 Å². The summed E-state index contributed by atoms with van der Waals surface area (Å²) in [6.45, 7) is 1.87. The molecule has 0 radical (unpaired) electrons. The zero-order valence-corrected chi connectivity index (χ0v) is 16.9. The molecule has 2 bridgehead atoms. The molecule has 3 fully saturated rings. The van der Waals surface area contributed by atoms with Crippen LogP contribution in [0.1, 0.15) is 50.2 Å². The lowest BCUT2D eigenvalue weighted by Gasteiger charge is -2.32. The van der Waals surface area contributed by atoms with Gasteiger partial charge in [-0.25, -0.2) is 4.79 Å². The molecule has 1 aromatic rings. The van der Waals surface area contributed by atoms with Gasteiger partial charge in [-0.05, 0) is 67.9 Å². The van der Waals surface area contributed by atoms with Crippen molar-refractivity contribution in [3.63, 3.8) is 0 Å². The summed E-state index contributed by atoms with van der Waals surface area (Å²) in [6, 6.07) is 7.70. The van der Waals surface area contributed by atoms with Gasteiger partial charge in [-0.2, -0.15) is 0 Å². The Balaban J connectivity index is 1.23. The minimum absolute atomic E-state index is 0.0917. The molecule has 1 spiro atoms. The summed E-state index contributed by atoms with van der Waals surface area (Å²) in [4.78, 5) is 39.5. The minimum Gasteiger partial charge on any atom is -0.352 e. The second-order valence-corrected chi connectivity index (χ2v) is 9.54. The molecule has 154 valence electrons. The summed E-state index contributed by atoms with van der Waals surface area (Å²) in [7, 11) is 0. The highest BCUT2D eigenvalue weighted by molar-refractivity contribution is 6.09. The van der Waals surface area contributed by atoms with Crippen LogP contribution in [0, 0.1) is 17.8 Å². The molecule has 2 saturated carbocycles. The van der Waals surface area contributed by atoms with Crippen LogP contribution in [0.2, 0.25) is 0 Å². The number of imide groups is 1. The number of hydrogen-bond donors (Lipinski definition) is 2. The van der Waals surface area contributed by atoms with Crippen molar-refractivity contribution in [2.45, 2.75) is 63.5 Å². The van der Waals surface area contributed by atoms with Gasteiger partial charge in [-0.15, -0.1) is 0 Å². The third kappa shape index (κ3) is 3.13. The second-order valence-electron chi connectivity index (χ2n) is 9.54. The van der Waals surface area contributed by atoms with Crippen LogP contribution in [0.3, 0.4) is 0 Å². The Hall–Kier alpha value is -2.37. The van der Waals surface area contributed by atoms with Crippen LogP contribution in [0.4, 0.5) is 4.79 Å². The Morgan fingerprint density at radius 1 is 1.24 bits per heavy atom. The van der Waals surface area contributed by atoms with Crippen LogP contribution in [-0.2, 0) is 22.4 Å². The van der Waals surface area contributed by atoms with Gasteiger partial charge in [-0.1, -0.05) is 30.7 Å². The fourth-order valence-corrected chi connectivity index (χ4v) is 6.30. The Bertz CT molecular complexity index is 869. The molecule has 5 atom stereocenters. The van der Waals surface area contributed by atoms with Crippen LogP contribution in [0.25, 0.3) is 0 Å². The monoisotopic (exact) mass is 395 g/mol. The molecule has 5 unspecified atom stereocenters. The molecule has 1 heterocycles. The molecular formula is C23H29N3O3. The summed E-state index contributed by atoms with van der Waals surface area (Å²) in [5, 5.41) is 5.97. The summed E-state index contributed by atoms with van der Waals surface area (Å²) in [5.41, 5.74) is 1.43. The number of carbonyl (C=O) groups excluding carboxylic acids is 3. The third-order valence-corrected chi connectivity index (χ3v) is 7.80. The molecule has 3 aliphatic carbocycles. The highest BCUT2D eigenvalue weighted by Crippen LogP contribution is 2.49. The van der Waals surface area contributed by atoms with Gasteiger partial charge in [0.2, 0.25) is 5.91 Å². The number of nitrogens with one attached hydrogen (secondary N) is 2. The lowest BCUT2D eigenvalue weighted by molar-refractivity contribution is -0.135. The van der Waals surface area contributed by atoms with Crippen molar-refractivity contribution < 1.29 is 14.4 Å². The lowest BCUT2D eigenvalue weighted by Crippen LogP contribution is -2.52. The molecule has 2 N–H and O–H groups in total. The SMILES string of the molecule is CC(NC(=O)CN1C(=O)NC2(CCc3ccccc3C2)C1=O)C1CC2CCC1C2. The molecule has 4 amide bonds. The van der Waals surface area contributed by atoms with Crippen LogP contribution in [-0.4, -0.2) is 40.9 Å². The van der Waals surface area contributed by atoms with Crippen molar-refractivity contribution >= 4 is 17.8 Å². The minimum atomic E-state index is -0.901. The molecular weight excluding hydrogens is 366 g/mol. The predicted molar refractivity (Wildman–Crippen MR) is 108 cm³/mol. The number of carbonyl (C=O) groups is 3. The van der Waals surface area contributed by atoms with E-state index in [2.05, 4.69) is 23.6 Å². The Morgan fingerprint density at radius 2 is 2.03 bits per heavy atom. The van der Waals surface area contributed by atoms with Crippen LogP contribution >= 0.6 is 0 Å². The zero-order chi connectivity index (χ0) is 20.2. The van der Waals surface area contributed by atoms with Crippen LogP contribution < -0.4 is 10.6 Å². The maximum absolute atomic E-state index is 13.1. The van der Waals surface area contributed by atoms with Gasteiger partial charge < -0.3 is 10.6 Å². The molecule has 29 heavy (non-hydrogen) atoms. The Kier molecular flexibility index (Phi) is 4.41. The Morgan fingerprint density at radius 3 is 2.76 bits per heavy atom.